The first kappa shape index (κ1) is 8.91. The van der Waals surface area contributed by atoms with Crippen molar-refractivity contribution in [2.24, 2.45) is 5.18 Å². The van der Waals surface area contributed by atoms with Gasteiger partial charge in [-0.1, -0.05) is 0 Å². The van der Waals surface area contributed by atoms with Gasteiger partial charge in [0.1, 0.15) is 11.9 Å². The van der Waals surface area contributed by atoms with Gasteiger partial charge < -0.3 is 0 Å². The molecule has 0 aliphatic heterocycles. The lowest BCUT2D eigenvalue weighted by Gasteiger charge is -1.91. The maximum absolute atomic E-state index is 10.6. The van der Waals surface area contributed by atoms with Crippen molar-refractivity contribution in [2.75, 3.05) is 0 Å². The zero-order valence-electron chi connectivity index (χ0n) is 6.21. The molecule has 0 bridgehead atoms. The average molecular weight is 181 g/mol. The minimum Gasteiger partial charge on any atom is -0.261 e. The number of carbonyl (C=O) groups excluding carboxylic acids is 1. The van der Waals surface area contributed by atoms with Crippen LogP contribution in [0.4, 0.5) is 5.69 Å². The van der Waals surface area contributed by atoms with Crippen LogP contribution in [0.1, 0.15) is 10.5 Å². The van der Waals surface area contributed by atoms with Crippen LogP contribution in [0.5, 0.6) is 0 Å². The van der Waals surface area contributed by atoms with Crippen LogP contribution in [-0.4, -0.2) is 15.8 Å². The predicted molar refractivity (Wildman–Crippen MR) is 41.0 cm³/mol. The standard InChI is InChI=1S/C6H3N3O4/c10-6(8-11)5-2-1-4(3-7-5)9(12)13/h1-3H. The van der Waals surface area contributed by atoms with Crippen LogP contribution in [0.15, 0.2) is 23.5 Å². The number of nitrogens with zero attached hydrogens (tertiary/aromatic N) is 3. The first-order valence-electron chi connectivity index (χ1n) is 3.13. The number of aromatic nitrogens is 1. The molecule has 1 rings (SSSR count). The molecule has 0 spiro atoms. The molecule has 0 N–H and O–H groups in total. The smallest absolute Gasteiger partial charge is 0.261 e. The second-order valence-electron chi connectivity index (χ2n) is 2.06. The van der Waals surface area contributed by atoms with Crippen molar-refractivity contribution in [3.05, 3.63) is 39.0 Å². The van der Waals surface area contributed by atoms with E-state index < -0.39 is 10.8 Å². The molecule has 0 unspecified atom stereocenters. The summed E-state index contributed by atoms with van der Waals surface area (Å²) >= 11 is 0. The van der Waals surface area contributed by atoms with Gasteiger partial charge in [-0.05, 0) is 6.07 Å². The molecule has 1 heterocycles. The lowest BCUT2D eigenvalue weighted by Crippen LogP contribution is -1.98. The predicted octanol–water partition coefficient (Wildman–Crippen LogP) is 0.896. The van der Waals surface area contributed by atoms with Crippen molar-refractivity contribution in [3.63, 3.8) is 0 Å². The fraction of sp³-hybridized carbons (Fsp3) is 0. The van der Waals surface area contributed by atoms with Crippen LogP contribution in [0, 0.1) is 15.0 Å². The van der Waals surface area contributed by atoms with Gasteiger partial charge in [-0.25, -0.2) is 4.98 Å². The third-order valence-corrected chi connectivity index (χ3v) is 1.26. The van der Waals surface area contributed by atoms with Gasteiger partial charge >= 0.3 is 5.91 Å². The molecule has 0 atom stereocenters. The van der Waals surface area contributed by atoms with E-state index in [9.17, 15) is 19.8 Å². The van der Waals surface area contributed by atoms with Gasteiger partial charge in [0.2, 0.25) is 0 Å². The third kappa shape index (κ3) is 1.89. The number of pyridine rings is 1. The van der Waals surface area contributed by atoms with Gasteiger partial charge in [0, 0.05) is 11.2 Å². The Morgan fingerprint density at radius 2 is 2.23 bits per heavy atom. The van der Waals surface area contributed by atoms with E-state index in [4.69, 9.17) is 0 Å². The normalized spacial score (nSPS) is 9.23. The fourth-order valence-electron chi connectivity index (χ4n) is 0.667. The van der Waals surface area contributed by atoms with Gasteiger partial charge in [0.25, 0.3) is 5.69 Å². The molecule has 1 aromatic heterocycles. The minimum atomic E-state index is -1.05. The van der Waals surface area contributed by atoms with Crippen LogP contribution in [0.25, 0.3) is 0 Å². The monoisotopic (exact) mass is 181 g/mol. The highest BCUT2D eigenvalue weighted by molar-refractivity contribution is 5.92. The number of amides is 1. The van der Waals surface area contributed by atoms with Gasteiger partial charge in [-0.3, -0.25) is 14.9 Å². The zero-order chi connectivity index (χ0) is 9.84. The number of nitro groups is 1. The third-order valence-electron chi connectivity index (χ3n) is 1.26. The van der Waals surface area contributed by atoms with Crippen molar-refractivity contribution < 1.29 is 9.72 Å². The molecule has 0 aliphatic rings. The first-order chi connectivity index (χ1) is 6.15. The molecule has 0 saturated carbocycles. The summed E-state index contributed by atoms with van der Waals surface area (Å²) in [5.41, 5.74) is -0.456. The second-order valence-corrected chi connectivity index (χ2v) is 2.06. The summed E-state index contributed by atoms with van der Waals surface area (Å²) in [5.74, 6) is -1.05. The highest BCUT2D eigenvalue weighted by atomic mass is 16.6. The highest BCUT2D eigenvalue weighted by Gasteiger charge is 2.10. The lowest BCUT2D eigenvalue weighted by atomic mass is 10.3. The molecule has 7 nitrogen and oxygen atoms in total. The van der Waals surface area contributed by atoms with E-state index in [1.807, 2.05) is 0 Å². The van der Waals surface area contributed by atoms with Gasteiger partial charge in [-0.2, -0.15) is 0 Å². The zero-order valence-corrected chi connectivity index (χ0v) is 6.21. The Hall–Kier alpha value is -2.18. The molecule has 0 radical (unpaired) electrons. The molecule has 0 saturated heterocycles. The van der Waals surface area contributed by atoms with Crippen molar-refractivity contribution in [3.8, 4) is 0 Å². The lowest BCUT2D eigenvalue weighted by molar-refractivity contribution is -0.385. The van der Waals surface area contributed by atoms with E-state index in [2.05, 4.69) is 10.2 Å². The molecule has 0 aromatic carbocycles. The van der Waals surface area contributed by atoms with Crippen molar-refractivity contribution in [1.82, 2.24) is 4.98 Å². The van der Waals surface area contributed by atoms with Crippen molar-refractivity contribution in [2.45, 2.75) is 0 Å². The summed E-state index contributed by atoms with van der Waals surface area (Å²) in [6, 6.07) is 2.15. The highest BCUT2D eigenvalue weighted by Crippen LogP contribution is 2.08. The van der Waals surface area contributed by atoms with Gasteiger partial charge in [0.05, 0.1) is 4.92 Å². The van der Waals surface area contributed by atoms with Crippen molar-refractivity contribution >= 4 is 11.6 Å². The van der Waals surface area contributed by atoms with Crippen LogP contribution < -0.4 is 0 Å². The van der Waals surface area contributed by atoms with E-state index in [0.717, 1.165) is 18.3 Å². The quantitative estimate of drug-likeness (QED) is 0.383. The molecule has 1 aromatic rings. The maximum Gasteiger partial charge on any atom is 0.334 e. The number of nitroso groups, excluding NO2 is 1. The van der Waals surface area contributed by atoms with Crippen LogP contribution in [-0.2, 0) is 0 Å². The van der Waals surface area contributed by atoms with E-state index in [0.29, 0.717) is 0 Å². The van der Waals surface area contributed by atoms with E-state index >= 15 is 0 Å². The summed E-state index contributed by atoms with van der Waals surface area (Å²) in [7, 11) is 0. The van der Waals surface area contributed by atoms with Crippen molar-refractivity contribution in [1.29, 1.82) is 0 Å². The van der Waals surface area contributed by atoms with E-state index in [1.54, 1.807) is 0 Å². The summed E-state index contributed by atoms with van der Waals surface area (Å²) in [4.78, 5) is 33.2. The Balaban J connectivity index is 3.00. The Morgan fingerprint density at radius 1 is 1.54 bits per heavy atom. The second kappa shape index (κ2) is 3.48. The molecular formula is C6H3N3O4. The molecular weight excluding hydrogens is 178 g/mol. The average Bonchev–Trinajstić information content (AvgIpc) is 2.17. The molecule has 66 valence electrons. The Kier molecular flexibility index (Phi) is 2.38. The first-order valence-corrected chi connectivity index (χ1v) is 3.13. The number of hydrogen-bond acceptors (Lipinski definition) is 5. The summed E-state index contributed by atoms with van der Waals surface area (Å²) in [5, 5.41) is 12.3. The summed E-state index contributed by atoms with van der Waals surface area (Å²) < 4.78 is 0. The minimum absolute atomic E-state index is 0.208. The van der Waals surface area contributed by atoms with E-state index in [1.165, 1.54) is 0 Å². The van der Waals surface area contributed by atoms with Gasteiger partial charge in [-0.15, -0.1) is 4.91 Å². The number of hydrogen-bond donors (Lipinski definition) is 0. The molecule has 13 heavy (non-hydrogen) atoms. The Bertz CT molecular complexity index is 359. The molecule has 1 amide bonds. The Morgan fingerprint density at radius 3 is 2.62 bits per heavy atom. The van der Waals surface area contributed by atoms with E-state index in [-0.39, 0.29) is 11.4 Å². The Labute approximate surface area is 71.5 Å². The SMILES string of the molecule is O=NC(=O)c1ccc([N+](=O)[O-])cn1. The number of rotatable bonds is 2. The maximum atomic E-state index is 10.6. The largest absolute Gasteiger partial charge is 0.334 e. The molecule has 0 fully saturated rings. The van der Waals surface area contributed by atoms with Crippen LogP contribution in [0.3, 0.4) is 0 Å². The molecule has 0 aliphatic carbocycles. The summed E-state index contributed by atoms with van der Waals surface area (Å²) in [6.07, 6.45) is 0.887. The molecule has 7 heteroatoms. The topological polar surface area (TPSA) is 103 Å². The summed E-state index contributed by atoms with van der Waals surface area (Å²) in [6.45, 7) is 0. The van der Waals surface area contributed by atoms with Crippen LogP contribution in [0.2, 0.25) is 0 Å². The van der Waals surface area contributed by atoms with Crippen LogP contribution >= 0.6 is 0 Å². The fourth-order valence-corrected chi connectivity index (χ4v) is 0.667. The van der Waals surface area contributed by atoms with Gasteiger partial charge in [0.15, 0.2) is 0 Å². The number of carbonyl (C=O) groups is 1.